The molecule has 0 saturated carbocycles. The van der Waals surface area contributed by atoms with E-state index >= 15 is 0 Å². The molecule has 0 N–H and O–H groups in total. The van der Waals surface area contributed by atoms with E-state index in [1.54, 1.807) is 6.20 Å². The lowest BCUT2D eigenvalue weighted by molar-refractivity contribution is 0.0745. The Labute approximate surface area is 153 Å². The highest BCUT2D eigenvalue weighted by Gasteiger charge is 2.24. The number of piperazine rings is 1. The predicted octanol–water partition coefficient (Wildman–Crippen LogP) is 3.52. The van der Waals surface area contributed by atoms with E-state index in [-0.39, 0.29) is 11.8 Å². The number of rotatable bonds is 3. The molecule has 0 atom stereocenters. The number of carbonyl (C=O) groups is 1. The zero-order valence-corrected chi connectivity index (χ0v) is 15.6. The lowest BCUT2D eigenvalue weighted by atomic mass is 10.1. The van der Waals surface area contributed by atoms with Crippen molar-refractivity contribution in [3.63, 3.8) is 0 Å². The molecule has 1 aliphatic rings. The summed E-state index contributed by atoms with van der Waals surface area (Å²) in [6, 6.07) is 7.83. The van der Waals surface area contributed by atoms with E-state index in [9.17, 15) is 4.79 Å². The average molecular weight is 359 g/mol. The van der Waals surface area contributed by atoms with Gasteiger partial charge in [0.25, 0.3) is 5.91 Å². The first-order chi connectivity index (χ1) is 12.0. The fourth-order valence-electron chi connectivity index (χ4n) is 2.98. The van der Waals surface area contributed by atoms with Gasteiger partial charge in [0.15, 0.2) is 0 Å². The van der Waals surface area contributed by atoms with Crippen LogP contribution in [-0.4, -0.2) is 47.0 Å². The van der Waals surface area contributed by atoms with Crippen LogP contribution in [0.15, 0.2) is 30.5 Å². The predicted molar refractivity (Wildman–Crippen MR) is 100 cm³/mol. The number of hydrogen-bond acceptors (Lipinski definition) is 4. The molecular weight excluding hydrogens is 336 g/mol. The van der Waals surface area contributed by atoms with E-state index in [4.69, 9.17) is 11.6 Å². The number of nitrogens with zero attached hydrogens (tertiary/aromatic N) is 4. The SMILES string of the molecule is Cc1nc(C(C)C)ncc1C(=O)N1CCN(c2cccc(Cl)c2)CC1. The van der Waals surface area contributed by atoms with Gasteiger partial charge in [0.1, 0.15) is 5.82 Å². The van der Waals surface area contributed by atoms with Crippen LogP contribution in [-0.2, 0) is 0 Å². The topological polar surface area (TPSA) is 49.3 Å². The van der Waals surface area contributed by atoms with E-state index in [0.29, 0.717) is 18.7 Å². The maximum absolute atomic E-state index is 12.8. The molecule has 0 aliphatic carbocycles. The van der Waals surface area contributed by atoms with Crippen LogP contribution in [0.1, 0.15) is 41.6 Å². The Hall–Kier alpha value is -2.14. The smallest absolute Gasteiger partial charge is 0.257 e. The van der Waals surface area contributed by atoms with Gasteiger partial charge in [0, 0.05) is 49.0 Å². The van der Waals surface area contributed by atoms with Crippen LogP contribution in [0.25, 0.3) is 0 Å². The number of aromatic nitrogens is 2. The number of benzene rings is 1. The number of anilines is 1. The molecular formula is C19H23ClN4O. The summed E-state index contributed by atoms with van der Waals surface area (Å²) in [6.07, 6.45) is 1.67. The fourth-order valence-corrected chi connectivity index (χ4v) is 3.17. The van der Waals surface area contributed by atoms with Crippen molar-refractivity contribution in [3.8, 4) is 0 Å². The number of amides is 1. The molecule has 1 aromatic carbocycles. The molecule has 0 unspecified atom stereocenters. The molecule has 0 spiro atoms. The van der Waals surface area contributed by atoms with Gasteiger partial charge >= 0.3 is 0 Å². The third-order valence-corrected chi connectivity index (χ3v) is 4.72. The monoisotopic (exact) mass is 358 g/mol. The molecule has 1 saturated heterocycles. The van der Waals surface area contributed by atoms with Gasteiger partial charge in [-0.1, -0.05) is 31.5 Å². The standard InChI is InChI=1S/C19H23ClN4O/c1-13(2)18-21-12-17(14(3)22-18)19(25)24-9-7-23(8-10-24)16-6-4-5-15(20)11-16/h4-6,11-13H,7-10H2,1-3H3. The first-order valence-electron chi connectivity index (χ1n) is 8.59. The summed E-state index contributed by atoms with van der Waals surface area (Å²) >= 11 is 6.07. The minimum Gasteiger partial charge on any atom is -0.368 e. The molecule has 6 heteroatoms. The summed E-state index contributed by atoms with van der Waals surface area (Å²) < 4.78 is 0. The molecule has 3 rings (SSSR count). The molecule has 2 aromatic rings. The molecule has 1 fully saturated rings. The van der Waals surface area contributed by atoms with Crippen LogP contribution in [0, 0.1) is 6.92 Å². The van der Waals surface area contributed by atoms with E-state index < -0.39 is 0 Å². The van der Waals surface area contributed by atoms with Gasteiger partial charge in [-0.2, -0.15) is 0 Å². The Morgan fingerprint density at radius 2 is 1.92 bits per heavy atom. The van der Waals surface area contributed by atoms with Crippen LogP contribution < -0.4 is 4.90 Å². The Balaban J connectivity index is 1.67. The molecule has 0 bridgehead atoms. The fraction of sp³-hybridized carbons (Fsp3) is 0.421. The minimum absolute atomic E-state index is 0.0125. The average Bonchev–Trinajstić information content (AvgIpc) is 2.61. The first-order valence-corrected chi connectivity index (χ1v) is 8.97. The number of halogens is 1. The van der Waals surface area contributed by atoms with Crippen molar-refractivity contribution in [1.82, 2.24) is 14.9 Å². The van der Waals surface area contributed by atoms with Crippen molar-refractivity contribution in [1.29, 1.82) is 0 Å². The highest BCUT2D eigenvalue weighted by Crippen LogP contribution is 2.21. The zero-order chi connectivity index (χ0) is 18.0. The van der Waals surface area contributed by atoms with Crippen molar-refractivity contribution < 1.29 is 4.79 Å². The number of carbonyl (C=O) groups excluding carboxylic acids is 1. The summed E-state index contributed by atoms with van der Waals surface area (Å²) in [5.41, 5.74) is 2.45. The van der Waals surface area contributed by atoms with Gasteiger partial charge in [-0.3, -0.25) is 4.79 Å². The third kappa shape index (κ3) is 3.93. The summed E-state index contributed by atoms with van der Waals surface area (Å²) in [7, 11) is 0. The van der Waals surface area contributed by atoms with Crippen LogP contribution in [0.5, 0.6) is 0 Å². The summed E-state index contributed by atoms with van der Waals surface area (Å²) in [5, 5.41) is 0.731. The van der Waals surface area contributed by atoms with E-state index in [2.05, 4.69) is 14.9 Å². The van der Waals surface area contributed by atoms with Gasteiger partial charge in [0.2, 0.25) is 0 Å². The molecule has 1 aromatic heterocycles. The lowest BCUT2D eigenvalue weighted by Crippen LogP contribution is -2.49. The molecule has 0 radical (unpaired) electrons. The highest BCUT2D eigenvalue weighted by molar-refractivity contribution is 6.30. The van der Waals surface area contributed by atoms with Gasteiger partial charge < -0.3 is 9.80 Å². The summed E-state index contributed by atoms with van der Waals surface area (Å²) in [4.78, 5) is 25.8. The van der Waals surface area contributed by atoms with Gasteiger partial charge in [-0.25, -0.2) is 9.97 Å². The van der Waals surface area contributed by atoms with Crippen molar-refractivity contribution in [3.05, 3.63) is 52.6 Å². The normalized spacial score (nSPS) is 14.9. The molecule has 1 amide bonds. The molecule has 25 heavy (non-hydrogen) atoms. The van der Waals surface area contributed by atoms with Crippen LogP contribution in [0.3, 0.4) is 0 Å². The number of aryl methyl sites for hydroxylation is 1. The van der Waals surface area contributed by atoms with Gasteiger partial charge in [-0.15, -0.1) is 0 Å². The molecule has 132 valence electrons. The van der Waals surface area contributed by atoms with Crippen molar-refractivity contribution in [2.24, 2.45) is 0 Å². The highest BCUT2D eigenvalue weighted by atomic mass is 35.5. The van der Waals surface area contributed by atoms with Crippen molar-refractivity contribution in [2.75, 3.05) is 31.1 Å². The van der Waals surface area contributed by atoms with Gasteiger partial charge in [-0.05, 0) is 25.1 Å². The first kappa shape index (κ1) is 17.7. The van der Waals surface area contributed by atoms with Gasteiger partial charge in [0.05, 0.1) is 11.3 Å². The largest absolute Gasteiger partial charge is 0.368 e. The minimum atomic E-state index is 0.0125. The quantitative estimate of drug-likeness (QED) is 0.842. The zero-order valence-electron chi connectivity index (χ0n) is 14.9. The van der Waals surface area contributed by atoms with Crippen LogP contribution in [0.2, 0.25) is 5.02 Å². The molecule has 1 aliphatic heterocycles. The van der Waals surface area contributed by atoms with E-state index in [1.165, 1.54) is 0 Å². The molecule has 2 heterocycles. The Bertz CT molecular complexity index is 770. The van der Waals surface area contributed by atoms with Crippen molar-refractivity contribution in [2.45, 2.75) is 26.7 Å². The third-order valence-electron chi connectivity index (χ3n) is 4.49. The summed E-state index contributed by atoms with van der Waals surface area (Å²) in [5.74, 6) is 1.04. The maximum Gasteiger partial charge on any atom is 0.257 e. The Morgan fingerprint density at radius 1 is 1.20 bits per heavy atom. The number of hydrogen-bond donors (Lipinski definition) is 0. The van der Waals surface area contributed by atoms with E-state index in [0.717, 1.165) is 35.3 Å². The maximum atomic E-state index is 12.8. The van der Waals surface area contributed by atoms with Crippen LogP contribution >= 0.6 is 11.6 Å². The Kier molecular flexibility index (Phi) is 5.23. The van der Waals surface area contributed by atoms with Crippen LogP contribution in [0.4, 0.5) is 5.69 Å². The summed E-state index contributed by atoms with van der Waals surface area (Å²) in [6.45, 7) is 8.90. The second-order valence-electron chi connectivity index (χ2n) is 6.64. The molecule has 5 nitrogen and oxygen atoms in total. The Morgan fingerprint density at radius 3 is 2.52 bits per heavy atom. The lowest BCUT2D eigenvalue weighted by Gasteiger charge is -2.36. The van der Waals surface area contributed by atoms with E-state index in [1.807, 2.05) is 49.9 Å². The second-order valence-corrected chi connectivity index (χ2v) is 7.08. The second kappa shape index (κ2) is 7.40. The van der Waals surface area contributed by atoms with Crippen molar-refractivity contribution >= 4 is 23.2 Å².